The summed E-state index contributed by atoms with van der Waals surface area (Å²) in [6.07, 6.45) is 0. The summed E-state index contributed by atoms with van der Waals surface area (Å²) in [6, 6.07) is 7.74. The number of amides is 1. The first kappa shape index (κ1) is 11.1. The number of likely N-dealkylation sites (tertiary alicyclic amines) is 1. The summed E-state index contributed by atoms with van der Waals surface area (Å²) in [5, 5.41) is 2.99. The molecule has 0 bridgehead atoms. The molecule has 16 heavy (non-hydrogen) atoms. The zero-order valence-electron chi connectivity index (χ0n) is 9.44. The second kappa shape index (κ2) is 4.63. The molecule has 1 saturated heterocycles. The van der Waals surface area contributed by atoms with Crippen molar-refractivity contribution in [2.75, 3.05) is 20.1 Å². The smallest absolute Gasteiger partial charge is 0.251 e. The summed E-state index contributed by atoms with van der Waals surface area (Å²) in [7, 11) is 2.04. The maximum absolute atomic E-state index is 11.9. The summed E-state index contributed by atoms with van der Waals surface area (Å²) in [6.45, 7) is 2.33. The van der Waals surface area contributed by atoms with Gasteiger partial charge in [-0.3, -0.25) is 4.79 Å². The fourth-order valence-electron chi connectivity index (χ4n) is 1.90. The van der Waals surface area contributed by atoms with Gasteiger partial charge in [0, 0.05) is 25.2 Å². The molecule has 4 nitrogen and oxygen atoms in total. The van der Waals surface area contributed by atoms with Crippen LogP contribution in [0.4, 0.5) is 0 Å². The first-order valence-corrected chi connectivity index (χ1v) is 5.47. The Balaban J connectivity index is 1.97. The zero-order valence-corrected chi connectivity index (χ0v) is 9.44. The van der Waals surface area contributed by atoms with Crippen molar-refractivity contribution < 1.29 is 4.79 Å². The van der Waals surface area contributed by atoms with E-state index in [0.717, 1.165) is 18.7 Å². The lowest BCUT2D eigenvalue weighted by Gasteiger charge is -2.36. The lowest BCUT2D eigenvalue weighted by atomic mass is 10.1. The minimum atomic E-state index is -0.00611. The van der Waals surface area contributed by atoms with Crippen LogP contribution in [0.1, 0.15) is 15.9 Å². The van der Waals surface area contributed by atoms with E-state index in [0.29, 0.717) is 18.2 Å². The standard InChI is InChI=1S/C12H17N3O/c1-15-7-11(8-15)14-12(16)10-4-2-3-9(5-10)6-13/h2-5,11H,6-8,13H2,1H3,(H,14,16). The van der Waals surface area contributed by atoms with Gasteiger partial charge in [0.1, 0.15) is 0 Å². The van der Waals surface area contributed by atoms with E-state index in [1.54, 1.807) is 0 Å². The Bertz CT molecular complexity index is 386. The van der Waals surface area contributed by atoms with E-state index in [2.05, 4.69) is 10.2 Å². The third-order valence-corrected chi connectivity index (χ3v) is 2.82. The van der Waals surface area contributed by atoms with Crippen LogP contribution < -0.4 is 11.1 Å². The molecule has 0 atom stereocenters. The van der Waals surface area contributed by atoms with E-state index in [1.165, 1.54) is 0 Å². The number of carbonyl (C=O) groups excluding carboxylic acids is 1. The number of rotatable bonds is 3. The molecular weight excluding hydrogens is 202 g/mol. The Labute approximate surface area is 95.4 Å². The van der Waals surface area contributed by atoms with Gasteiger partial charge in [-0.15, -0.1) is 0 Å². The van der Waals surface area contributed by atoms with Crippen LogP contribution >= 0.6 is 0 Å². The van der Waals surface area contributed by atoms with Gasteiger partial charge < -0.3 is 16.0 Å². The number of benzene rings is 1. The number of nitrogens with zero attached hydrogens (tertiary/aromatic N) is 1. The minimum absolute atomic E-state index is 0.00611. The van der Waals surface area contributed by atoms with E-state index in [4.69, 9.17) is 5.73 Å². The third kappa shape index (κ3) is 2.40. The van der Waals surface area contributed by atoms with Crippen LogP contribution in [0, 0.1) is 0 Å². The van der Waals surface area contributed by atoms with Crippen LogP contribution in [0.5, 0.6) is 0 Å². The molecule has 0 saturated carbocycles. The first-order chi connectivity index (χ1) is 7.69. The molecule has 0 aromatic heterocycles. The molecule has 0 aliphatic carbocycles. The van der Waals surface area contributed by atoms with Crippen LogP contribution in [0.2, 0.25) is 0 Å². The fraction of sp³-hybridized carbons (Fsp3) is 0.417. The molecule has 1 aliphatic heterocycles. The van der Waals surface area contributed by atoms with Crippen LogP contribution in [0.25, 0.3) is 0 Å². The molecule has 1 aromatic rings. The maximum atomic E-state index is 11.9. The van der Waals surface area contributed by atoms with Crippen molar-refractivity contribution >= 4 is 5.91 Å². The molecule has 1 amide bonds. The normalized spacial score (nSPS) is 16.9. The minimum Gasteiger partial charge on any atom is -0.347 e. The van der Waals surface area contributed by atoms with Gasteiger partial charge >= 0.3 is 0 Å². The van der Waals surface area contributed by atoms with E-state index >= 15 is 0 Å². The third-order valence-electron chi connectivity index (χ3n) is 2.82. The van der Waals surface area contributed by atoms with Gasteiger partial charge in [-0.05, 0) is 24.7 Å². The van der Waals surface area contributed by atoms with Crippen molar-refractivity contribution in [2.24, 2.45) is 5.73 Å². The Morgan fingerprint density at radius 3 is 2.94 bits per heavy atom. The second-order valence-corrected chi connectivity index (χ2v) is 4.30. The van der Waals surface area contributed by atoms with Gasteiger partial charge in [0.05, 0.1) is 6.04 Å². The predicted octanol–water partition coefficient (Wildman–Crippen LogP) is 0.189. The summed E-state index contributed by atoms with van der Waals surface area (Å²) >= 11 is 0. The monoisotopic (exact) mass is 219 g/mol. The molecule has 1 aliphatic rings. The number of nitrogens with two attached hydrogens (primary N) is 1. The summed E-state index contributed by atoms with van der Waals surface area (Å²) < 4.78 is 0. The van der Waals surface area contributed by atoms with Crippen molar-refractivity contribution in [3.05, 3.63) is 35.4 Å². The van der Waals surface area contributed by atoms with Crippen molar-refractivity contribution in [2.45, 2.75) is 12.6 Å². The molecule has 0 unspecified atom stereocenters. The van der Waals surface area contributed by atoms with E-state index < -0.39 is 0 Å². The zero-order chi connectivity index (χ0) is 11.5. The van der Waals surface area contributed by atoms with E-state index in [-0.39, 0.29) is 5.91 Å². The topological polar surface area (TPSA) is 58.4 Å². The molecule has 0 radical (unpaired) electrons. The number of hydrogen-bond donors (Lipinski definition) is 2. The summed E-state index contributed by atoms with van der Waals surface area (Å²) in [4.78, 5) is 14.0. The quantitative estimate of drug-likeness (QED) is 0.763. The molecule has 4 heteroatoms. The van der Waals surface area contributed by atoms with Crippen LogP contribution in [-0.2, 0) is 6.54 Å². The van der Waals surface area contributed by atoms with Crippen LogP contribution in [0.3, 0.4) is 0 Å². The predicted molar refractivity (Wildman–Crippen MR) is 63.1 cm³/mol. The Morgan fingerprint density at radius 1 is 1.56 bits per heavy atom. The van der Waals surface area contributed by atoms with Crippen LogP contribution in [-0.4, -0.2) is 37.0 Å². The molecule has 0 spiro atoms. The van der Waals surface area contributed by atoms with Crippen molar-refractivity contribution in [1.29, 1.82) is 0 Å². The molecule has 1 aromatic carbocycles. The molecule has 1 fully saturated rings. The Morgan fingerprint density at radius 2 is 2.31 bits per heavy atom. The Hall–Kier alpha value is -1.39. The number of carbonyl (C=O) groups is 1. The average Bonchev–Trinajstić information content (AvgIpc) is 2.27. The molecule has 1 heterocycles. The van der Waals surface area contributed by atoms with Gasteiger partial charge in [0.25, 0.3) is 5.91 Å². The van der Waals surface area contributed by atoms with Crippen LogP contribution in [0.15, 0.2) is 24.3 Å². The first-order valence-electron chi connectivity index (χ1n) is 5.47. The highest BCUT2D eigenvalue weighted by atomic mass is 16.1. The van der Waals surface area contributed by atoms with E-state index in [9.17, 15) is 4.79 Å². The van der Waals surface area contributed by atoms with Crippen molar-refractivity contribution in [3.8, 4) is 0 Å². The SMILES string of the molecule is CN1CC(NC(=O)c2cccc(CN)c2)C1. The Kier molecular flexibility index (Phi) is 3.22. The molecule has 3 N–H and O–H groups in total. The number of likely N-dealkylation sites (N-methyl/N-ethyl adjacent to an activating group) is 1. The molecule has 2 rings (SSSR count). The lowest BCUT2D eigenvalue weighted by molar-refractivity contribution is 0.0857. The molecule has 86 valence electrons. The second-order valence-electron chi connectivity index (χ2n) is 4.30. The highest BCUT2D eigenvalue weighted by Gasteiger charge is 2.24. The summed E-state index contributed by atoms with van der Waals surface area (Å²) in [5.41, 5.74) is 7.21. The lowest BCUT2D eigenvalue weighted by Crippen LogP contribution is -2.57. The van der Waals surface area contributed by atoms with E-state index in [1.807, 2.05) is 31.3 Å². The van der Waals surface area contributed by atoms with Crippen molar-refractivity contribution in [3.63, 3.8) is 0 Å². The van der Waals surface area contributed by atoms with Gasteiger partial charge in [-0.25, -0.2) is 0 Å². The van der Waals surface area contributed by atoms with Gasteiger partial charge in [0.2, 0.25) is 0 Å². The number of nitrogens with one attached hydrogen (secondary N) is 1. The maximum Gasteiger partial charge on any atom is 0.251 e. The van der Waals surface area contributed by atoms with Gasteiger partial charge in [-0.1, -0.05) is 12.1 Å². The fourth-order valence-corrected chi connectivity index (χ4v) is 1.90. The van der Waals surface area contributed by atoms with Gasteiger partial charge in [-0.2, -0.15) is 0 Å². The highest BCUT2D eigenvalue weighted by Crippen LogP contribution is 2.08. The molecular formula is C12H17N3O. The number of hydrogen-bond acceptors (Lipinski definition) is 3. The van der Waals surface area contributed by atoms with Gasteiger partial charge in [0.15, 0.2) is 0 Å². The largest absolute Gasteiger partial charge is 0.347 e. The highest BCUT2D eigenvalue weighted by molar-refractivity contribution is 5.94. The van der Waals surface area contributed by atoms with Crippen molar-refractivity contribution in [1.82, 2.24) is 10.2 Å². The summed E-state index contributed by atoms with van der Waals surface area (Å²) in [5.74, 6) is -0.00611. The average molecular weight is 219 g/mol.